The normalized spacial score (nSPS) is 24.3. The summed E-state index contributed by atoms with van der Waals surface area (Å²) in [6, 6.07) is 2.07. The second-order valence-corrected chi connectivity index (χ2v) is 8.48. The Morgan fingerprint density at radius 1 is 1.27 bits per heavy atom. The Balaban J connectivity index is 1.77. The van der Waals surface area contributed by atoms with Crippen LogP contribution in [-0.4, -0.2) is 59.3 Å². The predicted molar refractivity (Wildman–Crippen MR) is 86.0 cm³/mol. The minimum Gasteiger partial charge on any atom is -0.301 e. The first-order valence-corrected chi connectivity index (χ1v) is 9.93. The molecule has 124 valence electrons. The standard InChI is InChI=1S/C15H26N4O2S/c1-2-10-22(20,21)18-12-14-6-7-16-19(14)15(13-18)11-17-8-4-3-5-9-17/h6-7,15H,2-5,8-13H2,1H3. The van der Waals surface area contributed by atoms with Crippen LogP contribution in [0, 0.1) is 0 Å². The van der Waals surface area contributed by atoms with Gasteiger partial charge in [-0.05, 0) is 38.4 Å². The van der Waals surface area contributed by atoms with E-state index in [1.165, 1.54) is 19.3 Å². The van der Waals surface area contributed by atoms with Gasteiger partial charge in [-0.25, -0.2) is 8.42 Å². The van der Waals surface area contributed by atoms with E-state index in [4.69, 9.17) is 0 Å². The molecule has 2 aliphatic rings. The number of likely N-dealkylation sites (tertiary alicyclic amines) is 1. The molecule has 22 heavy (non-hydrogen) atoms. The summed E-state index contributed by atoms with van der Waals surface area (Å²) in [5.74, 6) is 0.234. The van der Waals surface area contributed by atoms with Crippen molar-refractivity contribution in [1.82, 2.24) is 19.0 Å². The van der Waals surface area contributed by atoms with Crippen LogP contribution in [0.5, 0.6) is 0 Å². The fourth-order valence-electron chi connectivity index (χ4n) is 3.53. The topological polar surface area (TPSA) is 58.4 Å². The van der Waals surface area contributed by atoms with Crippen molar-refractivity contribution in [1.29, 1.82) is 0 Å². The number of hydrogen-bond donors (Lipinski definition) is 0. The Morgan fingerprint density at radius 2 is 2.05 bits per heavy atom. The van der Waals surface area contributed by atoms with Gasteiger partial charge in [-0.2, -0.15) is 9.40 Å². The van der Waals surface area contributed by atoms with Crippen molar-refractivity contribution in [3.8, 4) is 0 Å². The second-order valence-electron chi connectivity index (χ2n) is 6.39. The van der Waals surface area contributed by atoms with E-state index in [-0.39, 0.29) is 11.8 Å². The lowest BCUT2D eigenvalue weighted by Gasteiger charge is -2.37. The summed E-state index contributed by atoms with van der Waals surface area (Å²) in [5, 5.41) is 4.43. The zero-order valence-electron chi connectivity index (χ0n) is 13.3. The number of nitrogens with zero attached hydrogens (tertiary/aromatic N) is 4. The molecule has 0 N–H and O–H groups in total. The summed E-state index contributed by atoms with van der Waals surface area (Å²) in [7, 11) is -3.15. The van der Waals surface area contributed by atoms with Gasteiger partial charge < -0.3 is 4.90 Å². The lowest BCUT2D eigenvalue weighted by molar-refractivity contribution is 0.160. The first-order chi connectivity index (χ1) is 10.6. The van der Waals surface area contributed by atoms with Gasteiger partial charge in [0.25, 0.3) is 0 Å². The van der Waals surface area contributed by atoms with Crippen LogP contribution in [-0.2, 0) is 16.6 Å². The Kier molecular flexibility index (Phi) is 4.84. The van der Waals surface area contributed by atoms with Crippen LogP contribution in [0.25, 0.3) is 0 Å². The van der Waals surface area contributed by atoms with Crippen LogP contribution in [0.1, 0.15) is 44.3 Å². The zero-order valence-corrected chi connectivity index (χ0v) is 14.1. The number of aromatic nitrogens is 2. The van der Waals surface area contributed by atoms with E-state index >= 15 is 0 Å². The van der Waals surface area contributed by atoms with Gasteiger partial charge in [0.15, 0.2) is 0 Å². The zero-order chi connectivity index (χ0) is 15.6. The van der Waals surface area contributed by atoms with Crippen molar-refractivity contribution in [2.45, 2.75) is 45.2 Å². The highest BCUT2D eigenvalue weighted by Gasteiger charge is 2.33. The summed E-state index contributed by atoms with van der Waals surface area (Å²) in [6.45, 7) is 6.06. The molecule has 3 rings (SSSR count). The lowest BCUT2D eigenvalue weighted by atomic mass is 10.1. The Hall–Kier alpha value is -0.920. The van der Waals surface area contributed by atoms with Gasteiger partial charge in [0.2, 0.25) is 10.0 Å². The van der Waals surface area contributed by atoms with Gasteiger partial charge in [-0.1, -0.05) is 13.3 Å². The fraction of sp³-hybridized carbons (Fsp3) is 0.800. The average Bonchev–Trinajstić information content (AvgIpc) is 2.97. The van der Waals surface area contributed by atoms with Gasteiger partial charge in [-0.3, -0.25) is 4.68 Å². The summed E-state index contributed by atoms with van der Waals surface area (Å²) >= 11 is 0. The highest BCUT2D eigenvalue weighted by molar-refractivity contribution is 7.89. The molecule has 0 spiro atoms. The van der Waals surface area contributed by atoms with Gasteiger partial charge in [0, 0.05) is 19.3 Å². The number of rotatable bonds is 5. The van der Waals surface area contributed by atoms with Gasteiger partial charge in [-0.15, -0.1) is 0 Å². The van der Waals surface area contributed by atoms with Crippen molar-refractivity contribution in [3.05, 3.63) is 18.0 Å². The van der Waals surface area contributed by atoms with Gasteiger partial charge >= 0.3 is 0 Å². The Bertz CT molecular complexity index is 592. The quantitative estimate of drug-likeness (QED) is 0.822. The summed E-state index contributed by atoms with van der Waals surface area (Å²) in [6.07, 6.45) is 6.25. The molecule has 1 fully saturated rings. The van der Waals surface area contributed by atoms with Crippen molar-refractivity contribution >= 4 is 10.0 Å². The van der Waals surface area contributed by atoms with Crippen molar-refractivity contribution in [2.75, 3.05) is 31.9 Å². The maximum Gasteiger partial charge on any atom is 0.214 e. The van der Waals surface area contributed by atoms with E-state index in [0.29, 0.717) is 19.5 Å². The molecule has 1 aromatic heterocycles. The number of hydrogen-bond acceptors (Lipinski definition) is 4. The highest BCUT2D eigenvalue weighted by Crippen LogP contribution is 2.25. The molecule has 0 amide bonds. The molecule has 3 heterocycles. The first kappa shape index (κ1) is 16.0. The smallest absolute Gasteiger partial charge is 0.214 e. The van der Waals surface area contributed by atoms with Crippen molar-refractivity contribution in [2.24, 2.45) is 0 Å². The molecular formula is C15H26N4O2S. The van der Waals surface area contributed by atoms with Gasteiger partial charge in [0.1, 0.15) is 0 Å². The molecule has 1 unspecified atom stereocenters. The van der Waals surface area contributed by atoms with Crippen LogP contribution in [0.3, 0.4) is 0 Å². The summed E-state index contributed by atoms with van der Waals surface area (Å²) < 4.78 is 28.6. The van der Waals surface area contributed by atoms with E-state index in [2.05, 4.69) is 10.00 Å². The van der Waals surface area contributed by atoms with Crippen molar-refractivity contribution < 1.29 is 8.42 Å². The fourth-order valence-corrected chi connectivity index (χ4v) is 5.03. The minimum absolute atomic E-state index is 0.128. The molecule has 7 heteroatoms. The maximum absolute atomic E-state index is 12.4. The van der Waals surface area contributed by atoms with E-state index in [9.17, 15) is 8.42 Å². The lowest BCUT2D eigenvalue weighted by Crippen LogP contribution is -2.46. The molecule has 1 saturated heterocycles. The van der Waals surface area contributed by atoms with E-state index in [0.717, 1.165) is 25.3 Å². The maximum atomic E-state index is 12.4. The molecule has 0 aromatic carbocycles. The second kappa shape index (κ2) is 6.68. The summed E-state index contributed by atoms with van der Waals surface area (Å²) in [4.78, 5) is 2.45. The monoisotopic (exact) mass is 326 g/mol. The molecule has 1 aromatic rings. The SMILES string of the molecule is CCCS(=O)(=O)N1Cc2ccnn2C(CN2CCCCC2)C1. The molecular weight excluding hydrogens is 300 g/mol. The highest BCUT2D eigenvalue weighted by atomic mass is 32.2. The van der Waals surface area contributed by atoms with Crippen LogP contribution in [0.15, 0.2) is 12.3 Å². The van der Waals surface area contributed by atoms with E-state index in [1.807, 2.05) is 17.7 Å². The number of sulfonamides is 1. The molecule has 0 aliphatic carbocycles. The van der Waals surface area contributed by atoms with Crippen LogP contribution < -0.4 is 0 Å². The summed E-state index contributed by atoms with van der Waals surface area (Å²) in [5.41, 5.74) is 1.01. The molecule has 1 atom stereocenters. The third-order valence-electron chi connectivity index (χ3n) is 4.62. The predicted octanol–water partition coefficient (Wildman–Crippen LogP) is 1.47. The largest absolute Gasteiger partial charge is 0.301 e. The van der Waals surface area contributed by atoms with Crippen molar-refractivity contribution in [3.63, 3.8) is 0 Å². The first-order valence-electron chi connectivity index (χ1n) is 8.32. The van der Waals surface area contributed by atoms with E-state index in [1.54, 1.807) is 10.5 Å². The minimum atomic E-state index is -3.15. The third kappa shape index (κ3) is 3.36. The molecule has 0 radical (unpaired) electrons. The van der Waals surface area contributed by atoms with E-state index < -0.39 is 10.0 Å². The van der Waals surface area contributed by atoms with Gasteiger partial charge in [0.05, 0.1) is 24.0 Å². The van der Waals surface area contributed by atoms with Crippen LogP contribution in [0.2, 0.25) is 0 Å². The Morgan fingerprint density at radius 3 is 2.77 bits per heavy atom. The average molecular weight is 326 g/mol. The number of fused-ring (bicyclic) bond motifs is 1. The molecule has 6 nitrogen and oxygen atoms in total. The van der Waals surface area contributed by atoms with Crippen LogP contribution in [0.4, 0.5) is 0 Å². The third-order valence-corrected chi connectivity index (χ3v) is 6.61. The van der Waals surface area contributed by atoms with Crippen LogP contribution >= 0.6 is 0 Å². The molecule has 2 aliphatic heterocycles. The number of piperidine rings is 1. The Labute approximate surface area is 133 Å². The molecule has 0 saturated carbocycles. The molecule has 0 bridgehead atoms.